The number of para-hydroxylation sites is 1. The van der Waals surface area contributed by atoms with Crippen molar-refractivity contribution in [3.63, 3.8) is 0 Å². The maximum Gasteiger partial charge on any atom is 0.266 e. The van der Waals surface area contributed by atoms with Crippen LogP contribution in [0, 0.1) is 6.92 Å². The molecule has 0 bridgehead atoms. The van der Waals surface area contributed by atoms with E-state index in [1.165, 1.54) is 11.8 Å². The molecule has 0 aliphatic rings. The average Bonchev–Trinajstić information content (AvgIpc) is 2.79. The van der Waals surface area contributed by atoms with Crippen LogP contribution in [-0.2, 0) is 0 Å². The third-order valence-electron chi connectivity index (χ3n) is 5.03. The molecule has 0 saturated carbocycles. The van der Waals surface area contributed by atoms with Gasteiger partial charge in [0.15, 0.2) is 10.9 Å². The van der Waals surface area contributed by atoms with Gasteiger partial charge in [0, 0.05) is 5.56 Å². The van der Waals surface area contributed by atoms with Crippen molar-refractivity contribution in [2.45, 2.75) is 24.3 Å². The Bertz CT molecular complexity index is 1320. The van der Waals surface area contributed by atoms with Crippen molar-refractivity contribution in [3.05, 3.63) is 94.3 Å². The molecule has 0 aliphatic heterocycles. The number of ketones is 1. The van der Waals surface area contributed by atoms with E-state index in [1.807, 2.05) is 68.4 Å². The summed E-state index contributed by atoms with van der Waals surface area (Å²) < 4.78 is 7.08. The number of carbonyl (C=O) groups is 1. The molecular formula is C25H22N2O3S. The number of Topliss-reactive ketones (excluding diaryl/α,β-unsaturated/α-hetero) is 1. The van der Waals surface area contributed by atoms with E-state index in [4.69, 9.17) is 9.72 Å². The number of fused-ring (bicyclic) bond motifs is 1. The van der Waals surface area contributed by atoms with Gasteiger partial charge >= 0.3 is 0 Å². The number of nitrogens with zero attached hydrogens (tertiary/aromatic N) is 2. The fourth-order valence-electron chi connectivity index (χ4n) is 3.43. The molecule has 0 aliphatic carbocycles. The quantitative estimate of drug-likeness (QED) is 0.243. The zero-order valence-corrected chi connectivity index (χ0v) is 18.3. The molecule has 31 heavy (non-hydrogen) atoms. The van der Waals surface area contributed by atoms with Gasteiger partial charge in [-0.1, -0.05) is 60.3 Å². The zero-order valence-electron chi connectivity index (χ0n) is 17.5. The summed E-state index contributed by atoms with van der Waals surface area (Å²) in [5.74, 6) is 0.546. The van der Waals surface area contributed by atoms with Gasteiger partial charge in [-0.3, -0.25) is 14.2 Å². The highest BCUT2D eigenvalue weighted by molar-refractivity contribution is 8.00. The maximum absolute atomic E-state index is 13.5. The summed E-state index contributed by atoms with van der Waals surface area (Å²) in [6.07, 6.45) is 0. The summed E-state index contributed by atoms with van der Waals surface area (Å²) in [6.45, 7) is 3.79. The lowest BCUT2D eigenvalue weighted by molar-refractivity contribution is 0.0994. The number of rotatable bonds is 6. The molecule has 5 nitrogen and oxygen atoms in total. The number of carbonyl (C=O) groups excluding carboxylic acids is 1. The van der Waals surface area contributed by atoms with Crippen LogP contribution in [0.25, 0.3) is 16.6 Å². The first-order valence-corrected chi connectivity index (χ1v) is 10.8. The SMILES string of the molecule is COc1ccc(C)cc1-n1c(SC(C)C(=O)c2ccccc2)nc2ccccc2c1=O. The highest BCUT2D eigenvalue weighted by Gasteiger charge is 2.22. The molecule has 0 N–H and O–H groups in total. The molecule has 6 heteroatoms. The van der Waals surface area contributed by atoms with Crippen molar-refractivity contribution in [2.75, 3.05) is 7.11 Å². The van der Waals surface area contributed by atoms with Crippen molar-refractivity contribution in [1.82, 2.24) is 9.55 Å². The van der Waals surface area contributed by atoms with Gasteiger partial charge in [-0.2, -0.15) is 0 Å². The van der Waals surface area contributed by atoms with E-state index in [1.54, 1.807) is 29.9 Å². The van der Waals surface area contributed by atoms with Crippen LogP contribution in [-0.4, -0.2) is 27.7 Å². The fraction of sp³-hybridized carbons (Fsp3) is 0.160. The Balaban J connectivity index is 1.89. The van der Waals surface area contributed by atoms with Gasteiger partial charge in [0.25, 0.3) is 5.56 Å². The Morgan fingerprint density at radius 3 is 2.48 bits per heavy atom. The van der Waals surface area contributed by atoms with Crippen molar-refractivity contribution < 1.29 is 9.53 Å². The number of methoxy groups -OCH3 is 1. The molecule has 4 rings (SSSR count). The zero-order chi connectivity index (χ0) is 22.0. The summed E-state index contributed by atoms with van der Waals surface area (Å²) in [6, 6.07) is 22.0. The fourth-order valence-corrected chi connectivity index (χ4v) is 4.42. The monoisotopic (exact) mass is 430 g/mol. The molecule has 156 valence electrons. The van der Waals surface area contributed by atoms with Crippen LogP contribution in [0.15, 0.2) is 82.7 Å². The van der Waals surface area contributed by atoms with Gasteiger partial charge < -0.3 is 4.74 Å². The van der Waals surface area contributed by atoms with Crippen molar-refractivity contribution in [3.8, 4) is 11.4 Å². The molecule has 3 aromatic carbocycles. The first kappa shape index (κ1) is 20.9. The third-order valence-corrected chi connectivity index (χ3v) is 6.08. The molecule has 0 fully saturated rings. The molecule has 1 atom stereocenters. The number of aromatic nitrogens is 2. The van der Waals surface area contributed by atoms with Gasteiger partial charge in [0.1, 0.15) is 5.75 Å². The smallest absolute Gasteiger partial charge is 0.266 e. The van der Waals surface area contributed by atoms with Gasteiger partial charge in [-0.15, -0.1) is 0 Å². The number of thioether (sulfide) groups is 1. The van der Waals surface area contributed by atoms with E-state index in [-0.39, 0.29) is 11.3 Å². The largest absolute Gasteiger partial charge is 0.495 e. The van der Waals surface area contributed by atoms with Gasteiger partial charge in [-0.25, -0.2) is 4.98 Å². The predicted octanol–water partition coefficient (Wildman–Crippen LogP) is 5.07. The van der Waals surface area contributed by atoms with Crippen LogP contribution in [0.1, 0.15) is 22.8 Å². The first-order chi connectivity index (χ1) is 15.0. The average molecular weight is 431 g/mol. The van der Waals surface area contributed by atoms with Crippen LogP contribution in [0.2, 0.25) is 0 Å². The Kier molecular flexibility index (Phi) is 5.91. The van der Waals surface area contributed by atoms with Crippen molar-refractivity contribution in [2.24, 2.45) is 0 Å². The maximum atomic E-state index is 13.5. The second-order valence-corrected chi connectivity index (χ2v) is 8.53. The number of hydrogen-bond acceptors (Lipinski definition) is 5. The second-order valence-electron chi connectivity index (χ2n) is 7.22. The highest BCUT2D eigenvalue weighted by atomic mass is 32.2. The molecule has 4 aromatic rings. The van der Waals surface area contributed by atoms with E-state index < -0.39 is 5.25 Å². The molecule has 0 amide bonds. The van der Waals surface area contributed by atoms with Gasteiger partial charge in [0.2, 0.25) is 0 Å². The number of hydrogen-bond donors (Lipinski definition) is 0. The minimum absolute atomic E-state index is 0.0178. The van der Waals surface area contributed by atoms with Gasteiger partial charge in [-0.05, 0) is 43.7 Å². The minimum atomic E-state index is -0.433. The van der Waals surface area contributed by atoms with E-state index in [2.05, 4.69) is 0 Å². The van der Waals surface area contributed by atoms with Crippen LogP contribution in [0.5, 0.6) is 5.75 Å². The van der Waals surface area contributed by atoms with E-state index >= 15 is 0 Å². The number of ether oxygens (including phenoxy) is 1. The molecule has 1 aromatic heterocycles. The predicted molar refractivity (Wildman–Crippen MR) is 125 cm³/mol. The molecule has 0 spiro atoms. The lowest BCUT2D eigenvalue weighted by Crippen LogP contribution is -2.24. The van der Waals surface area contributed by atoms with E-state index in [0.717, 1.165) is 5.56 Å². The molecule has 0 saturated heterocycles. The standard InChI is InChI=1S/C25H22N2O3S/c1-16-13-14-22(30-3)21(15-16)27-24(29)19-11-7-8-12-20(19)26-25(27)31-17(2)23(28)18-9-5-4-6-10-18/h4-15,17H,1-3H3. The number of aryl methyl sites for hydroxylation is 1. The lowest BCUT2D eigenvalue weighted by Gasteiger charge is -2.18. The van der Waals surface area contributed by atoms with E-state index in [0.29, 0.717) is 33.1 Å². The van der Waals surface area contributed by atoms with Crippen LogP contribution >= 0.6 is 11.8 Å². The third kappa shape index (κ3) is 4.11. The van der Waals surface area contributed by atoms with Crippen LogP contribution in [0.3, 0.4) is 0 Å². The summed E-state index contributed by atoms with van der Waals surface area (Å²) in [5, 5.41) is 0.527. The van der Waals surface area contributed by atoms with Crippen LogP contribution < -0.4 is 10.3 Å². The van der Waals surface area contributed by atoms with E-state index in [9.17, 15) is 9.59 Å². The highest BCUT2D eigenvalue weighted by Crippen LogP contribution is 2.31. The summed E-state index contributed by atoms with van der Waals surface area (Å²) in [5.41, 5.74) is 2.62. The van der Waals surface area contributed by atoms with Crippen molar-refractivity contribution >= 4 is 28.4 Å². The lowest BCUT2D eigenvalue weighted by atomic mass is 10.1. The van der Waals surface area contributed by atoms with Crippen LogP contribution in [0.4, 0.5) is 0 Å². The summed E-state index contributed by atoms with van der Waals surface area (Å²) in [7, 11) is 1.57. The van der Waals surface area contributed by atoms with Crippen molar-refractivity contribution in [1.29, 1.82) is 0 Å². The number of benzene rings is 3. The molecule has 1 heterocycles. The topological polar surface area (TPSA) is 61.2 Å². The molecule has 1 unspecified atom stereocenters. The summed E-state index contributed by atoms with van der Waals surface area (Å²) in [4.78, 5) is 31.2. The molecule has 0 radical (unpaired) electrons. The Labute approximate surface area is 184 Å². The summed E-state index contributed by atoms with van der Waals surface area (Å²) >= 11 is 1.27. The molecular weight excluding hydrogens is 408 g/mol. The first-order valence-electron chi connectivity index (χ1n) is 9.92. The Morgan fingerprint density at radius 1 is 1.03 bits per heavy atom. The van der Waals surface area contributed by atoms with Gasteiger partial charge in [0.05, 0.1) is 29.0 Å². The normalized spacial score (nSPS) is 12.0. The Hall–Kier alpha value is -3.38. The second kappa shape index (κ2) is 8.78. The minimum Gasteiger partial charge on any atom is -0.495 e. The Morgan fingerprint density at radius 2 is 1.74 bits per heavy atom.